The van der Waals surface area contributed by atoms with Gasteiger partial charge in [-0.25, -0.2) is 23.3 Å². The third kappa shape index (κ3) is 16.5. The Hall–Kier alpha value is -3.02. The number of anilines is 1. The Balaban J connectivity index is 2.08. The number of rotatable bonds is 14. The molecule has 1 saturated heterocycles. The predicted octanol–water partition coefficient (Wildman–Crippen LogP) is 0.507. The van der Waals surface area contributed by atoms with Crippen molar-refractivity contribution < 1.29 is 80.1 Å². The number of aromatic nitrogens is 2. The van der Waals surface area contributed by atoms with Gasteiger partial charge in [-0.15, -0.1) is 0 Å². The van der Waals surface area contributed by atoms with E-state index in [1.165, 1.54) is 0 Å². The number of amides is 1. The van der Waals surface area contributed by atoms with Crippen molar-refractivity contribution in [2.24, 2.45) is 0 Å². The van der Waals surface area contributed by atoms with E-state index < -0.39 is 95.7 Å². The second-order valence-electron chi connectivity index (χ2n) is 12.8. The van der Waals surface area contributed by atoms with Crippen molar-refractivity contribution >= 4 is 47.1 Å². The van der Waals surface area contributed by atoms with Crippen LogP contribution in [0.3, 0.4) is 0 Å². The number of aliphatic hydroxyl groups is 1. The summed E-state index contributed by atoms with van der Waals surface area (Å²) in [6.45, 7) is 8.82. The quantitative estimate of drug-likeness (QED) is 0.0766. The number of hydrogen-bond donors (Lipinski definition) is 7. The fraction of sp³-hybridized carbons (Fsp3) is 0.654. The molecule has 51 heavy (non-hydrogen) atoms. The van der Waals surface area contributed by atoms with E-state index in [1.54, 1.807) is 41.5 Å². The van der Waals surface area contributed by atoms with Crippen LogP contribution >= 0.6 is 23.5 Å². The molecule has 8 N–H and O–H groups in total. The summed E-state index contributed by atoms with van der Waals surface area (Å²) in [5.74, 6) is 2.80. The van der Waals surface area contributed by atoms with Crippen molar-refractivity contribution in [3.8, 4) is 11.8 Å². The number of carbonyl (C=O) groups excluding carboxylic acids is 3. The minimum Gasteiger partial charge on any atom is -0.460 e. The minimum atomic E-state index is -5.78. The summed E-state index contributed by atoms with van der Waals surface area (Å²) in [6.07, 6.45) is -4.09. The molecule has 0 saturated carbocycles. The second-order valence-corrected chi connectivity index (χ2v) is 17.2. The number of nitrogens with one attached hydrogen (secondary N) is 1. The number of esters is 2. The molecule has 6 atom stereocenters. The van der Waals surface area contributed by atoms with E-state index in [-0.39, 0.29) is 30.6 Å². The lowest BCUT2D eigenvalue weighted by Crippen LogP contribution is -2.46. The van der Waals surface area contributed by atoms with E-state index in [1.807, 2.05) is 0 Å². The average molecular weight is 791 g/mol. The summed E-state index contributed by atoms with van der Waals surface area (Å²) in [6, 6.07) is -1.34. The van der Waals surface area contributed by atoms with Crippen molar-refractivity contribution in [1.29, 1.82) is 0 Å². The number of nitrogens with zero attached hydrogens (tertiary/aromatic N) is 2. The third-order valence-corrected chi connectivity index (χ3v) is 9.63. The molecule has 22 nitrogen and oxygen atoms in total. The number of ether oxygens (including phenoxy) is 3. The summed E-state index contributed by atoms with van der Waals surface area (Å²) in [5.41, 5.74) is 3.15. The smallest absolute Gasteiger partial charge is 0.460 e. The first kappa shape index (κ1) is 44.1. The summed E-state index contributed by atoms with van der Waals surface area (Å²) in [7, 11) is -16.9. The van der Waals surface area contributed by atoms with Crippen LogP contribution in [0.1, 0.15) is 79.0 Å². The van der Waals surface area contributed by atoms with Gasteiger partial charge in [0, 0.05) is 25.5 Å². The van der Waals surface area contributed by atoms with E-state index in [0.717, 1.165) is 10.8 Å². The zero-order valence-electron chi connectivity index (χ0n) is 28.3. The highest BCUT2D eigenvalue weighted by molar-refractivity contribution is 7.66. The first-order chi connectivity index (χ1) is 23.0. The van der Waals surface area contributed by atoms with Gasteiger partial charge in [0.1, 0.15) is 35.4 Å². The molecule has 0 aliphatic carbocycles. The van der Waals surface area contributed by atoms with Gasteiger partial charge in [0.25, 0.3) is 0 Å². The molecule has 0 spiro atoms. The Morgan fingerprint density at radius 2 is 1.67 bits per heavy atom. The Kier molecular flexibility index (Phi) is 14.9. The van der Waals surface area contributed by atoms with Gasteiger partial charge in [-0.05, 0) is 41.5 Å². The largest absolute Gasteiger partial charge is 0.490 e. The molecule has 25 heteroatoms. The van der Waals surface area contributed by atoms with Crippen LogP contribution in [0, 0.1) is 11.8 Å². The van der Waals surface area contributed by atoms with Crippen LogP contribution in [0.2, 0.25) is 0 Å². The van der Waals surface area contributed by atoms with Crippen LogP contribution in [0.5, 0.6) is 0 Å². The third-order valence-electron chi connectivity index (χ3n) is 5.83. The fourth-order valence-electron chi connectivity index (χ4n) is 4.01. The van der Waals surface area contributed by atoms with Gasteiger partial charge >= 0.3 is 41.1 Å². The maximum absolute atomic E-state index is 12.7. The van der Waals surface area contributed by atoms with Crippen LogP contribution in [-0.2, 0) is 55.4 Å². The van der Waals surface area contributed by atoms with Crippen LogP contribution in [-0.4, -0.2) is 88.1 Å². The van der Waals surface area contributed by atoms with Crippen LogP contribution in [0.15, 0.2) is 11.0 Å². The van der Waals surface area contributed by atoms with E-state index in [0.29, 0.717) is 0 Å². The normalized spacial score (nSPS) is 21.0. The molecule has 2 heterocycles. The molecule has 1 aromatic heterocycles. The van der Waals surface area contributed by atoms with Crippen molar-refractivity contribution in [1.82, 2.24) is 14.9 Å². The number of carbonyl (C=O) groups is 3. The highest BCUT2D eigenvalue weighted by atomic mass is 31.3. The monoisotopic (exact) mass is 790 g/mol. The Morgan fingerprint density at radius 3 is 2.24 bits per heavy atom. The zero-order chi connectivity index (χ0) is 39.2. The second kappa shape index (κ2) is 17.2. The number of hydrogen-bond acceptors (Lipinski definition) is 16. The zero-order valence-corrected chi connectivity index (χ0v) is 31.0. The molecular weight excluding hydrogens is 749 g/mol. The van der Waals surface area contributed by atoms with Gasteiger partial charge < -0.3 is 49.9 Å². The van der Waals surface area contributed by atoms with Crippen molar-refractivity contribution in [2.45, 2.75) is 103 Å². The van der Waals surface area contributed by atoms with Gasteiger partial charge in [0.05, 0.1) is 24.7 Å². The van der Waals surface area contributed by atoms with Gasteiger partial charge in [-0.3, -0.25) is 18.7 Å². The van der Waals surface area contributed by atoms with Crippen molar-refractivity contribution in [3.05, 3.63) is 22.2 Å². The standard InChI is InChI=1S/C26H41N4O18P3/c1-25(2,3)45-21(33)11-16(23(34)46-26(4,5)6)28-19(32)10-8-7-9-15-13-30(24(35)29-22(15)27)20-12-17(31)18(44-20)14-43-50(39,40)48-51(41,42)47-49(36,37)38/h13,16-18,20,31H,8,10-12,14H2,1-6H3,(H,28,32)(H,39,40)(H,41,42)(H2,27,29,35)(H2,36,37,38)/t16?,17-,18-,20-/m1/s1. The van der Waals surface area contributed by atoms with Gasteiger partial charge in [-0.2, -0.15) is 13.6 Å². The fourth-order valence-corrected chi connectivity index (χ4v) is 7.04. The van der Waals surface area contributed by atoms with Crippen molar-refractivity contribution in [2.75, 3.05) is 12.3 Å². The van der Waals surface area contributed by atoms with E-state index in [9.17, 15) is 47.8 Å². The highest BCUT2D eigenvalue weighted by Gasteiger charge is 2.43. The predicted molar refractivity (Wildman–Crippen MR) is 172 cm³/mol. The molecule has 0 radical (unpaired) electrons. The van der Waals surface area contributed by atoms with E-state index in [4.69, 9.17) is 29.7 Å². The van der Waals surface area contributed by atoms with Gasteiger partial charge in [-0.1, -0.05) is 11.8 Å². The Labute approximate surface area is 291 Å². The Morgan fingerprint density at radius 1 is 1.06 bits per heavy atom. The molecule has 1 aliphatic rings. The van der Waals surface area contributed by atoms with E-state index >= 15 is 0 Å². The van der Waals surface area contributed by atoms with E-state index in [2.05, 4.69) is 35.3 Å². The van der Waals surface area contributed by atoms with Gasteiger partial charge in [0.15, 0.2) is 0 Å². The highest BCUT2D eigenvalue weighted by Crippen LogP contribution is 2.66. The maximum Gasteiger partial charge on any atom is 0.490 e. The van der Waals surface area contributed by atoms with Crippen LogP contribution in [0.25, 0.3) is 0 Å². The molecule has 3 unspecified atom stereocenters. The molecule has 2 rings (SSSR count). The maximum atomic E-state index is 12.7. The lowest BCUT2D eigenvalue weighted by atomic mass is 10.1. The summed E-state index contributed by atoms with van der Waals surface area (Å²) in [5, 5.41) is 12.8. The molecule has 0 aromatic carbocycles. The van der Waals surface area contributed by atoms with Crippen LogP contribution < -0.4 is 16.7 Å². The summed E-state index contributed by atoms with van der Waals surface area (Å²) < 4.78 is 62.9. The number of nitrogens with two attached hydrogens (primary N) is 1. The topological polar surface area (TPSA) is 332 Å². The van der Waals surface area contributed by atoms with Gasteiger partial charge in [0.2, 0.25) is 5.91 Å². The van der Waals surface area contributed by atoms with Crippen molar-refractivity contribution in [3.63, 3.8) is 0 Å². The number of phosphoric acid groups is 3. The number of nitrogen functional groups attached to an aromatic ring is 1. The lowest BCUT2D eigenvalue weighted by Gasteiger charge is -2.25. The molecule has 288 valence electrons. The number of aliphatic hydroxyl groups excluding tert-OH is 1. The first-order valence-corrected chi connectivity index (χ1v) is 19.3. The average Bonchev–Trinajstić information content (AvgIpc) is 3.26. The first-order valence-electron chi connectivity index (χ1n) is 14.8. The molecule has 1 amide bonds. The molecule has 1 aliphatic heterocycles. The lowest BCUT2D eigenvalue weighted by molar-refractivity contribution is -0.165. The molecule has 1 aromatic rings. The summed E-state index contributed by atoms with van der Waals surface area (Å²) in [4.78, 5) is 90.1. The molecular formula is C26H41N4O18P3. The SMILES string of the molecule is CC(C)(C)OC(=O)CC(NC(=O)CCC#Cc1cn([C@H]2C[C@@H](O)[C@@H](COP(=O)(O)OP(=O)(O)OP(=O)(O)O)O2)c(=O)nc1N)C(=O)OC(C)(C)C. The number of phosphoric ester groups is 1. The molecule has 0 bridgehead atoms. The minimum absolute atomic E-state index is 0.00127. The summed E-state index contributed by atoms with van der Waals surface area (Å²) >= 11 is 0. The molecule has 1 fully saturated rings. The van der Waals surface area contributed by atoms with Crippen LogP contribution in [0.4, 0.5) is 5.82 Å². The Bertz CT molecular complexity index is 1720.